The van der Waals surface area contributed by atoms with E-state index in [9.17, 15) is 9.59 Å². The maximum atomic E-state index is 12.8. The lowest BCUT2D eigenvalue weighted by Crippen LogP contribution is -2.54. The molecular formula is C28H27N5O3. The van der Waals surface area contributed by atoms with Gasteiger partial charge in [-0.15, -0.1) is 0 Å². The van der Waals surface area contributed by atoms with Crippen LogP contribution in [0, 0.1) is 0 Å². The highest BCUT2D eigenvalue weighted by atomic mass is 16.5. The fraction of sp³-hybridized carbons (Fsp3) is 0.214. The van der Waals surface area contributed by atoms with Crippen LogP contribution in [0.5, 0.6) is 11.6 Å². The molecule has 8 nitrogen and oxygen atoms in total. The average molecular weight is 482 g/mol. The largest absolute Gasteiger partial charge is 0.439 e. The molecule has 3 aromatic carbocycles. The number of nitrogens with one attached hydrogen (secondary N) is 2. The number of carbonyl (C=O) groups is 2. The first-order chi connectivity index (χ1) is 17.5. The Bertz CT molecular complexity index is 1400. The van der Waals surface area contributed by atoms with Gasteiger partial charge in [-0.05, 0) is 67.1 Å². The Labute approximate surface area is 209 Å². The number of aromatic nitrogens is 2. The molecule has 1 aliphatic heterocycles. The van der Waals surface area contributed by atoms with E-state index in [0.29, 0.717) is 34.8 Å². The minimum Gasteiger partial charge on any atom is -0.439 e. The molecular weight excluding hydrogens is 454 g/mol. The summed E-state index contributed by atoms with van der Waals surface area (Å²) in [6.45, 7) is 6.19. The van der Waals surface area contributed by atoms with Crippen molar-refractivity contribution in [3.8, 4) is 11.6 Å². The Morgan fingerprint density at radius 3 is 2.58 bits per heavy atom. The summed E-state index contributed by atoms with van der Waals surface area (Å²) < 4.78 is 5.89. The van der Waals surface area contributed by atoms with Gasteiger partial charge in [0.05, 0.1) is 0 Å². The van der Waals surface area contributed by atoms with Crippen LogP contribution in [0.2, 0.25) is 0 Å². The zero-order chi connectivity index (χ0) is 25.1. The molecule has 1 aliphatic rings. The third-order valence-corrected chi connectivity index (χ3v) is 6.14. The van der Waals surface area contributed by atoms with Crippen molar-refractivity contribution in [1.29, 1.82) is 0 Å². The van der Waals surface area contributed by atoms with Crippen LogP contribution in [0.15, 0.2) is 72.9 Å². The highest BCUT2D eigenvalue weighted by Gasteiger charge is 2.21. The van der Waals surface area contributed by atoms with Gasteiger partial charge in [-0.25, -0.2) is 4.98 Å². The fourth-order valence-electron chi connectivity index (χ4n) is 4.57. The molecule has 1 fully saturated rings. The first-order valence-electron chi connectivity index (χ1n) is 11.9. The third kappa shape index (κ3) is 5.18. The summed E-state index contributed by atoms with van der Waals surface area (Å²) in [6, 6.07) is 21.0. The van der Waals surface area contributed by atoms with Crippen LogP contribution in [-0.2, 0) is 0 Å². The minimum absolute atomic E-state index is 0.148. The van der Waals surface area contributed by atoms with Crippen molar-refractivity contribution in [2.75, 3.05) is 23.3 Å². The lowest BCUT2D eigenvalue weighted by molar-refractivity contribution is 0.102. The van der Waals surface area contributed by atoms with Crippen LogP contribution in [0.3, 0.4) is 0 Å². The molecule has 182 valence electrons. The van der Waals surface area contributed by atoms with Gasteiger partial charge < -0.3 is 15.0 Å². The summed E-state index contributed by atoms with van der Waals surface area (Å²) in [7, 11) is 0. The first kappa shape index (κ1) is 23.4. The molecule has 0 spiro atoms. The van der Waals surface area contributed by atoms with Crippen molar-refractivity contribution >= 4 is 34.6 Å². The van der Waals surface area contributed by atoms with Gasteiger partial charge in [0.2, 0.25) is 11.8 Å². The molecule has 36 heavy (non-hydrogen) atoms. The number of piperazine rings is 1. The highest BCUT2D eigenvalue weighted by Crippen LogP contribution is 2.26. The summed E-state index contributed by atoms with van der Waals surface area (Å²) in [5, 5.41) is 8.00. The summed E-state index contributed by atoms with van der Waals surface area (Å²) in [5.41, 5.74) is 2.23. The number of fused-ring (bicyclic) bond motifs is 1. The average Bonchev–Trinajstić information content (AvgIpc) is 2.88. The Hall–Kier alpha value is -4.30. The molecule has 0 saturated carbocycles. The molecule has 4 aromatic rings. The quantitative estimate of drug-likeness (QED) is 0.386. The van der Waals surface area contributed by atoms with Crippen LogP contribution < -0.4 is 20.3 Å². The van der Waals surface area contributed by atoms with Gasteiger partial charge in [-0.2, -0.15) is 4.98 Å². The van der Waals surface area contributed by atoms with E-state index in [0.717, 1.165) is 35.8 Å². The second-order valence-corrected chi connectivity index (χ2v) is 9.04. The molecule has 2 atom stereocenters. The van der Waals surface area contributed by atoms with Gasteiger partial charge >= 0.3 is 0 Å². The Morgan fingerprint density at radius 2 is 1.83 bits per heavy atom. The molecule has 2 unspecified atom stereocenters. The SMILES string of the molecule is CC1CN(c2ccc(C(=O)Nc3nccc(Oc4ccc5c(C=O)cccc5c4)n3)cc2)CC(C)N1. The molecule has 1 amide bonds. The van der Waals surface area contributed by atoms with Gasteiger partial charge in [0.1, 0.15) is 5.75 Å². The maximum absolute atomic E-state index is 12.8. The zero-order valence-corrected chi connectivity index (χ0v) is 20.1. The van der Waals surface area contributed by atoms with Gasteiger partial charge in [-0.3, -0.25) is 14.9 Å². The van der Waals surface area contributed by atoms with E-state index in [1.807, 2.05) is 48.5 Å². The van der Waals surface area contributed by atoms with E-state index in [1.165, 1.54) is 6.20 Å². The van der Waals surface area contributed by atoms with E-state index in [-0.39, 0.29) is 11.9 Å². The number of hydrogen-bond donors (Lipinski definition) is 2. The number of ether oxygens (including phenoxy) is 1. The van der Waals surface area contributed by atoms with E-state index in [1.54, 1.807) is 18.2 Å². The lowest BCUT2D eigenvalue weighted by Gasteiger charge is -2.37. The minimum atomic E-state index is -0.298. The molecule has 1 aromatic heterocycles. The number of carbonyl (C=O) groups excluding carboxylic acids is 2. The number of aldehydes is 1. The number of amides is 1. The molecule has 8 heteroatoms. The first-order valence-corrected chi connectivity index (χ1v) is 11.9. The van der Waals surface area contributed by atoms with Crippen molar-refractivity contribution in [2.24, 2.45) is 0 Å². The zero-order valence-electron chi connectivity index (χ0n) is 20.1. The highest BCUT2D eigenvalue weighted by molar-refractivity contribution is 6.03. The van der Waals surface area contributed by atoms with E-state index < -0.39 is 0 Å². The van der Waals surface area contributed by atoms with Gasteiger partial charge in [0.15, 0.2) is 6.29 Å². The summed E-state index contributed by atoms with van der Waals surface area (Å²) in [6.07, 6.45) is 2.36. The second kappa shape index (κ2) is 10.1. The number of nitrogens with zero attached hydrogens (tertiary/aromatic N) is 3. The monoisotopic (exact) mass is 481 g/mol. The molecule has 5 rings (SSSR count). The van der Waals surface area contributed by atoms with E-state index >= 15 is 0 Å². The molecule has 2 heterocycles. The van der Waals surface area contributed by atoms with E-state index in [2.05, 4.69) is 39.3 Å². The topological polar surface area (TPSA) is 96.5 Å². The fourth-order valence-corrected chi connectivity index (χ4v) is 4.57. The molecule has 0 radical (unpaired) electrons. The van der Waals surface area contributed by atoms with Crippen LogP contribution in [0.1, 0.15) is 34.6 Å². The standard InChI is InChI=1S/C28H27N5O3/c1-18-15-33(16-19(2)30-18)23-8-6-20(7-9-23)27(35)32-28-29-13-12-26(31-28)36-24-10-11-25-21(14-24)4-3-5-22(25)17-34/h3-14,17-19,30H,15-16H2,1-2H3,(H,29,31,32,35). The van der Waals surface area contributed by atoms with Crippen molar-refractivity contribution in [3.63, 3.8) is 0 Å². The van der Waals surface area contributed by atoms with Crippen molar-refractivity contribution in [3.05, 3.63) is 84.1 Å². The van der Waals surface area contributed by atoms with Gasteiger partial charge in [0.25, 0.3) is 5.91 Å². The number of anilines is 2. The second-order valence-electron chi connectivity index (χ2n) is 9.04. The van der Waals surface area contributed by atoms with Crippen LogP contribution in [0.25, 0.3) is 10.8 Å². The van der Waals surface area contributed by atoms with Gasteiger partial charge in [-0.1, -0.05) is 18.2 Å². The Kier molecular flexibility index (Phi) is 6.60. The molecule has 0 aliphatic carbocycles. The number of rotatable bonds is 6. The smallest absolute Gasteiger partial charge is 0.258 e. The van der Waals surface area contributed by atoms with Crippen molar-refractivity contribution in [1.82, 2.24) is 15.3 Å². The molecule has 0 bridgehead atoms. The van der Waals surface area contributed by atoms with Crippen molar-refractivity contribution < 1.29 is 14.3 Å². The maximum Gasteiger partial charge on any atom is 0.258 e. The Morgan fingerprint density at radius 1 is 1.06 bits per heavy atom. The normalized spacial score (nSPS) is 17.6. The van der Waals surface area contributed by atoms with Crippen LogP contribution >= 0.6 is 0 Å². The summed E-state index contributed by atoms with van der Waals surface area (Å²) >= 11 is 0. The predicted octanol–water partition coefficient (Wildman–Crippen LogP) is 4.67. The summed E-state index contributed by atoms with van der Waals surface area (Å²) in [4.78, 5) is 34.8. The van der Waals surface area contributed by atoms with Crippen LogP contribution in [0.4, 0.5) is 11.6 Å². The van der Waals surface area contributed by atoms with E-state index in [4.69, 9.17) is 4.74 Å². The number of hydrogen-bond acceptors (Lipinski definition) is 7. The van der Waals surface area contributed by atoms with Crippen molar-refractivity contribution in [2.45, 2.75) is 25.9 Å². The third-order valence-electron chi connectivity index (χ3n) is 6.14. The Balaban J connectivity index is 1.26. The predicted molar refractivity (Wildman–Crippen MR) is 140 cm³/mol. The number of benzene rings is 3. The molecule has 1 saturated heterocycles. The van der Waals surface area contributed by atoms with Gasteiger partial charge in [0, 0.05) is 54.3 Å². The van der Waals surface area contributed by atoms with Crippen LogP contribution in [-0.4, -0.2) is 47.3 Å². The summed E-state index contributed by atoms with van der Waals surface area (Å²) in [5.74, 6) is 0.709. The molecule has 2 N–H and O–H groups in total. The lowest BCUT2D eigenvalue weighted by atomic mass is 10.1.